The Kier molecular flexibility index (Phi) is 17.8. The molecule has 0 unspecified atom stereocenters. The van der Waals surface area contributed by atoms with Gasteiger partial charge < -0.3 is 10.6 Å². The van der Waals surface area contributed by atoms with Crippen molar-refractivity contribution in [3.8, 4) is 0 Å². The number of aliphatic imine (C=N–C) groups is 2. The lowest BCUT2D eigenvalue weighted by molar-refractivity contribution is 0.245. The topological polar surface area (TPSA) is 100.0 Å². The lowest BCUT2D eigenvalue weighted by Gasteiger charge is -1.93. The minimum absolute atomic E-state index is 0.157. The van der Waals surface area contributed by atoms with Gasteiger partial charge in [-0.05, 0) is 12.8 Å². The molecule has 0 bridgehead atoms. The zero-order valence-electron chi connectivity index (χ0n) is 10.9. The fraction of sp³-hybridized carbons (Fsp3) is 0.727. The first-order valence-electron chi connectivity index (χ1n) is 5.69. The average molecular weight is 256 g/mol. The molecule has 0 spiro atoms. The van der Waals surface area contributed by atoms with E-state index in [1.54, 1.807) is 14.1 Å². The fourth-order valence-electron chi connectivity index (χ4n) is 0.952. The molecule has 0 aromatic rings. The van der Waals surface area contributed by atoms with Gasteiger partial charge in [0.15, 0.2) is 0 Å². The predicted octanol–water partition coefficient (Wildman–Crippen LogP) is 0.764. The monoisotopic (exact) mass is 256 g/mol. The lowest BCUT2D eigenvalue weighted by atomic mass is 10.2. The van der Waals surface area contributed by atoms with E-state index in [-0.39, 0.29) is 6.03 Å². The van der Waals surface area contributed by atoms with E-state index >= 15 is 0 Å². The van der Waals surface area contributed by atoms with Crippen molar-refractivity contribution in [1.29, 1.82) is 0 Å². The molecule has 0 aromatic carbocycles. The molecule has 102 valence electrons. The minimum atomic E-state index is -0.157. The van der Waals surface area contributed by atoms with Crippen molar-refractivity contribution < 1.29 is 14.4 Å². The Bertz CT molecular complexity index is 267. The molecule has 0 aromatic heterocycles. The Hall–Kier alpha value is -1.97. The number of amides is 2. The Morgan fingerprint density at radius 3 is 1.50 bits per heavy atom. The number of carbonyl (C=O) groups excluding carboxylic acids is 3. The highest BCUT2D eigenvalue weighted by Gasteiger charge is 1.87. The number of hydrogen-bond acceptors (Lipinski definition) is 5. The van der Waals surface area contributed by atoms with Gasteiger partial charge >= 0.3 is 6.03 Å². The SMILES string of the molecule is CNC(=O)NC.O=C=NCCCCCCN=C=O. The normalized spacial score (nSPS) is 7.89. The third-order valence-corrected chi connectivity index (χ3v) is 1.87. The molecule has 2 N–H and O–H groups in total. The summed E-state index contributed by atoms with van der Waals surface area (Å²) in [5, 5.41) is 4.73. The minimum Gasteiger partial charge on any atom is -0.341 e. The summed E-state index contributed by atoms with van der Waals surface area (Å²) in [6, 6.07) is -0.157. The largest absolute Gasteiger partial charge is 0.341 e. The van der Waals surface area contributed by atoms with E-state index in [9.17, 15) is 14.4 Å². The van der Waals surface area contributed by atoms with Crippen LogP contribution < -0.4 is 10.6 Å². The number of urea groups is 1. The van der Waals surface area contributed by atoms with E-state index in [1.807, 2.05) is 0 Å². The maximum absolute atomic E-state index is 9.96. The quantitative estimate of drug-likeness (QED) is 0.399. The molecule has 0 atom stereocenters. The Balaban J connectivity index is 0. The first-order valence-corrected chi connectivity index (χ1v) is 5.69. The van der Waals surface area contributed by atoms with Gasteiger partial charge in [0.05, 0.1) is 13.1 Å². The molecule has 2 amide bonds. The number of unbranched alkanes of at least 4 members (excludes halogenated alkanes) is 3. The summed E-state index contributed by atoms with van der Waals surface area (Å²) in [6.45, 7) is 1.11. The van der Waals surface area contributed by atoms with E-state index in [0.717, 1.165) is 25.7 Å². The molecule has 0 radical (unpaired) electrons. The van der Waals surface area contributed by atoms with Gasteiger partial charge in [-0.1, -0.05) is 12.8 Å². The number of isocyanates is 2. The first-order chi connectivity index (χ1) is 8.72. The highest BCUT2D eigenvalue weighted by atomic mass is 16.2. The number of rotatable bonds is 7. The zero-order valence-corrected chi connectivity index (χ0v) is 10.9. The Labute approximate surface area is 107 Å². The highest BCUT2D eigenvalue weighted by Crippen LogP contribution is 1.99. The van der Waals surface area contributed by atoms with Crippen molar-refractivity contribution in [2.75, 3.05) is 27.2 Å². The van der Waals surface area contributed by atoms with E-state index in [2.05, 4.69) is 20.6 Å². The van der Waals surface area contributed by atoms with Gasteiger partial charge in [0.2, 0.25) is 12.2 Å². The van der Waals surface area contributed by atoms with Gasteiger partial charge in [-0.25, -0.2) is 24.4 Å². The molecule has 7 heteroatoms. The van der Waals surface area contributed by atoms with Gasteiger partial charge in [0, 0.05) is 14.1 Å². The van der Waals surface area contributed by atoms with E-state index < -0.39 is 0 Å². The van der Waals surface area contributed by atoms with Crippen LogP contribution in [0.5, 0.6) is 0 Å². The van der Waals surface area contributed by atoms with Crippen molar-refractivity contribution in [3.05, 3.63) is 0 Å². The molecule has 0 saturated carbocycles. The second-order valence-electron chi connectivity index (χ2n) is 3.19. The van der Waals surface area contributed by atoms with Crippen LogP contribution in [-0.2, 0) is 9.59 Å². The van der Waals surface area contributed by atoms with Crippen molar-refractivity contribution in [2.45, 2.75) is 25.7 Å². The molecular formula is C11H20N4O3. The maximum atomic E-state index is 9.96. The summed E-state index contributed by atoms with van der Waals surface area (Å²) in [7, 11) is 3.14. The molecule has 0 aliphatic rings. The molecule has 0 fully saturated rings. The van der Waals surface area contributed by atoms with Crippen LogP contribution in [0.1, 0.15) is 25.7 Å². The zero-order chi connectivity index (χ0) is 14.1. The third kappa shape index (κ3) is 19.6. The smallest absolute Gasteiger partial charge is 0.314 e. The van der Waals surface area contributed by atoms with E-state index in [4.69, 9.17) is 0 Å². The summed E-state index contributed by atoms with van der Waals surface area (Å²) in [5.41, 5.74) is 0. The standard InChI is InChI=1S/C8H12N2O2.C3H8N2O/c11-7-9-5-3-1-2-4-6-10-8-12;1-4-3(6)5-2/h1-6H2;1-2H3,(H2,4,5,6). The summed E-state index contributed by atoms with van der Waals surface area (Å²) in [5.74, 6) is 0. The molecule has 7 nitrogen and oxygen atoms in total. The summed E-state index contributed by atoms with van der Waals surface area (Å²) < 4.78 is 0. The fourth-order valence-corrected chi connectivity index (χ4v) is 0.952. The van der Waals surface area contributed by atoms with E-state index in [1.165, 1.54) is 12.2 Å². The van der Waals surface area contributed by atoms with Gasteiger partial charge in [0.1, 0.15) is 0 Å². The number of hydrogen-bond donors (Lipinski definition) is 2. The third-order valence-electron chi connectivity index (χ3n) is 1.87. The van der Waals surface area contributed by atoms with Crippen LogP contribution in [0.2, 0.25) is 0 Å². The summed E-state index contributed by atoms with van der Waals surface area (Å²) >= 11 is 0. The molecule has 18 heavy (non-hydrogen) atoms. The molecule has 0 aliphatic heterocycles. The molecule has 0 aliphatic carbocycles. The molecule has 0 saturated heterocycles. The number of nitrogens with one attached hydrogen (secondary N) is 2. The van der Waals surface area contributed by atoms with Crippen LogP contribution in [0, 0.1) is 0 Å². The lowest BCUT2D eigenvalue weighted by Crippen LogP contribution is -2.28. The van der Waals surface area contributed by atoms with Crippen LogP contribution in [0.4, 0.5) is 4.79 Å². The average Bonchev–Trinajstić information content (AvgIpc) is 2.41. The van der Waals surface area contributed by atoms with Gasteiger partial charge in [-0.3, -0.25) is 0 Å². The Morgan fingerprint density at radius 2 is 1.28 bits per heavy atom. The molecule has 0 heterocycles. The van der Waals surface area contributed by atoms with Crippen LogP contribution in [0.3, 0.4) is 0 Å². The van der Waals surface area contributed by atoms with Crippen LogP contribution >= 0.6 is 0 Å². The second-order valence-corrected chi connectivity index (χ2v) is 3.19. The number of nitrogens with zero attached hydrogens (tertiary/aromatic N) is 2. The summed E-state index contributed by atoms with van der Waals surface area (Å²) in [6.07, 6.45) is 6.80. The Morgan fingerprint density at radius 1 is 0.889 bits per heavy atom. The second kappa shape index (κ2) is 17.4. The van der Waals surface area contributed by atoms with Crippen molar-refractivity contribution in [1.82, 2.24) is 10.6 Å². The van der Waals surface area contributed by atoms with Crippen LogP contribution in [0.25, 0.3) is 0 Å². The molecule has 0 rings (SSSR count). The predicted molar refractivity (Wildman–Crippen MR) is 68.0 cm³/mol. The van der Waals surface area contributed by atoms with Gasteiger partial charge in [0.25, 0.3) is 0 Å². The first kappa shape index (κ1) is 18.4. The van der Waals surface area contributed by atoms with E-state index in [0.29, 0.717) is 13.1 Å². The summed E-state index contributed by atoms with van der Waals surface area (Å²) in [4.78, 5) is 36.0. The van der Waals surface area contributed by atoms with Gasteiger partial charge in [-0.15, -0.1) is 0 Å². The highest BCUT2D eigenvalue weighted by molar-refractivity contribution is 5.72. The van der Waals surface area contributed by atoms with Crippen molar-refractivity contribution in [3.63, 3.8) is 0 Å². The molecular weight excluding hydrogens is 236 g/mol. The van der Waals surface area contributed by atoms with Crippen LogP contribution in [-0.4, -0.2) is 45.4 Å². The van der Waals surface area contributed by atoms with Gasteiger partial charge in [-0.2, -0.15) is 0 Å². The van der Waals surface area contributed by atoms with Crippen LogP contribution in [0.15, 0.2) is 9.98 Å². The van der Waals surface area contributed by atoms with Crippen molar-refractivity contribution >= 4 is 18.2 Å². The number of carbonyl (C=O) groups is 1. The van der Waals surface area contributed by atoms with Crippen molar-refractivity contribution in [2.24, 2.45) is 9.98 Å². The maximum Gasteiger partial charge on any atom is 0.314 e.